The van der Waals surface area contributed by atoms with Crippen LogP contribution in [0.3, 0.4) is 0 Å². The molecule has 4 heteroatoms. The maximum Gasteiger partial charge on any atom is 0.127 e. The molecule has 0 saturated heterocycles. The molecule has 21 heavy (non-hydrogen) atoms. The summed E-state index contributed by atoms with van der Waals surface area (Å²) < 4.78 is 19.2. The van der Waals surface area contributed by atoms with Crippen molar-refractivity contribution in [3.05, 3.63) is 59.9 Å². The zero-order valence-corrected chi connectivity index (χ0v) is 13.0. The van der Waals surface area contributed by atoms with Crippen LogP contribution in [-0.2, 0) is 6.54 Å². The first-order chi connectivity index (χ1) is 10.3. The van der Waals surface area contributed by atoms with Gasteiger partial charge in [0.15, 0.2) is 0 Å². The van der Waals surface area contributed by atoms with E-state index in [2.05, 4.69) is 17.4 Å². The molecule has 0 atom stereocenters. The lowest BCUT2D eigenvalue weighted by Crippen LogP contribution is -2.12. The van der Waals surface area contributed by atoms with Crippen LogP contribution in [0.25, 0.3) is 0 Å². The van der Waals surface area contributed by atoms with Gasteiger partial charge in [-0.25, -0.2) is 4.39 Å². The van der Waals surface area contributed by atoms with Gasteiger partial charge in [0.25, 0.3) is 0 Å². The molecule has 0 aliphatic rings. The smallest absolute Gasteiger partial charge is 0.127 e. The lowest BCUT2D eigenvalue weighted by atomic mass is 10.2. The number of thioether (sulfide) groups is 1. The highest BCUT2D eigenvalue weighted by molar-refractivity contribution is 7.99. The van der Waals surface area contributed by atoms with Crippen molar-refractivity contribution in [2.45, 2.75) is 18.4 Å². The fourth-order valence-electron chi connectivity index (χ4n) is 1.91. The first-order valence-corrected chi connectivity index (χ1v) is 8.07. The molecule has 0 radical (unpaired) electrons. The zero-order valence-electron chi connectivity index (χ0n) is 12.1. The number of halogens is 1. The topological polar surface area (TPSA) is 21.3 Å². The van der Waals surface area contributed by atoms with Crippen LogP contribution in [0.2, 0.25) is 0 Å². The van der Waals surface area contributed by atoms with Crippen LogP contribution < -0.4 is 10.1 Å². The SMILES string of the molecule is CCNCc1cc(F)cc(OCCSc2ccccc2)c1. The molecular formula is C17H20FNOS. The van der Waals surface area contributed by atoms with Crippen molar-refractivity contribution in [3.8, 4) is 5.75 Å². The molecule has 0 spiro atoms. The number of ether oxygens (including phenoxy) is 1. The molecule has 0 unspecified atom stereocenters. The molecule has 0 heterocycles. The highest BCUT2D eigenvalue weighted by Crippen LogP contribution is 2.19. The summed E-state index contributed by atoms with van der Waals surface area (Å²) in [5, 5.41) is 3.18. The minimum Gasteiger partial charge on any atom is -0.493 e. The van der Waals surface area contributed by atoms with Crippen molar-refractivity contribution in [2.24, 2.45) is 0 Å². The average molecular weight is 305 g/mol. The van der Waals surface area contributed by atoms with Gasteiger partial charge in [0.2, 0.25) is 0 Å². The van der Waals surface area contributed by atoms with Gasteiger partial charge in [0, 0.05) is 23.3 Å². The van der Waals surface area contributed by atoms with Crippen LogP contribution in [0.1, 0.15) is 12.5 Å². The second-order valence-corrected chi connectivity index (χ2v) is 5.75. The summed E-state index contributed by atoms with van der Waals surface area (Å²) in [6.07, 6.45) is 0. The highest BCUT2D eigenvalue weighted by atomic mass is 32.2. The van der Waals surface area contributed by atoms with Crippen molar-refractivity contribution in [1.29, 1.82) is 0 Å². The van der Waals surface area contributed by atoms with Crippen LogP contribution in [0.15, 0.2) is 53.4 Å². The number of hydrogen-bond donors (Lipinski definition) is 1. The van der Waals surface area contributed by atoms with Crippen molar-refractivity contribution in [3.63, 3.8) is 0 Å². The molecule has 0 aliphatic carbocycles. The summed E-state index contributed by atoms with van der Waals surface area (Å²) in [7, 11) is 0. The Hall–Kier alpha value is -1.52. The van der Waals surface area contributed by atoms with Gasteiger partial charge in [-0.3, -0.25) is 0 Å². The van der Waals surface area contributed by atoms with Crippen LogP contribution in [0.4, 0.5) is 4.39 Å². The minimum atomic E-state index is -0.254. The van der Waals surface area contributed by atoms with Gasteiger partial charge >= 0.3 is 0 Å². The highest BCUT2D eigenvalue weighted by Gasteiger charge is 2.02. The molecule has 0 aromatic heterocycles. The normalized spacial score (nSPS) is 10.6. The van der Waals surface area contributed by atoms with Gasteiger partial charge in [-0.1, -0.05) is 25.1 Å². The lowest BCUT2D eigenvalue weighted by molar-refractivity contribution is 0.341. The summed E-state index contributed by atoms with van der Waals surface area (Å²) >= 11 is 1.73. The van der Waals surface area contributed by atoms with E-state index in [1.807, 2.05) is 31.2 Å². The Labute approximate surface area is 129 Å². The molecule has 2 rings (SSSR count). The van der Waals surface area contributed by atoms with E-state index in [9.17, 15) is 4.39 Å². The van der Waals surface area contributed by atoms with E-state index in [1.165, 1.54) is 17.0 Å². The summed E-state index contributed by atoms with van der Waals surface area (Å²) in [5.41, 5.74) is 0.905. The van der Waals surface area contributed by atoms with Crippen molar-refractivity contribution >= 4 is 11.8 Å². The Morgan fingerprint density at radius 2 is 1.95 bits per heavy atom. The predicted molar refractivity (Wildman–Crippen MR) is 86.4 cm³/mol. The number of hydrogen-bond acceptors (Lipinski definition) is 3. The molecule has 0 fully saturated rings. The van der Waals surface area contributed by atoms with E-state index in [1.54, 1.807) is 11.8 Å². The fourth-order valence-corrected chi connectivity index (χ4v) is 2.66. The quantitative estimate of drug-likeness (QED) is 0.586. The summed E-state index contributed by atoms with van der Waals surface area (Å²) in [6.45, 7) is 4.10. The molecule has 2 nitrogen and oxygen atoms in total. The van der Waals surface area contributed by atoms with Gasteiger partial charge in [-0.2, -0.15) is 0 Å². The van der Waals surface area contributed by atoms with Crippen LogP contribution >= 0.6 is 11.8 Å². The molecular weight excluding hydrogens is 285 g/mol. The van der Waals surface area contributed by atoms with Crippen molar-refractivity contribution in [1.82, 2.24) is 5.32 Å². The van der Waals surface area contributed by atoms with E-state index in [4.69, 9.17) is 4.74 Å². The van der Waals surface area contributed by atoms with Gasteiger partial charge in [0.1, 0.15) is 11.6 Å². The molecule has 0 saturated carbocycles. The maximum atomic E-state index is 13.5. The third kappa shape index (κ3) is 5.78. The lowest BCUT2D eigenvalue weighted by Gasteiger charge is -2.09. The summed E-state index contributed by atoms with van der Waals surface area (Å²) in [6, 6.07) is 15.0. The molecule has 2 aromatic carbocycles. The predicted octanol–water partition coefficient (Wildman–Crippen LogP) is 4.11. The first-order valence-electron chi connectivity index (χ1n) is 7.09. The molecule has 2 aromatic rings. The molecule has 1 N–H and O–H groups in total. The Kier molecular flexibility index (Phi) is 6.57. The van der Waals surface area contributed by atoms with E-state index in [0.717, 1.165) is 17.9 Å². The molecule has 0 bridgehead atoms. The van der Waals surface area contributed by atoms with E-state index in [0.29, 0.717) is 18.9 Å². The standard InChI is InChI=1S/C17H20FNOS/c1-2-19-13-14-10-15(18)12-16(11-14)20-8-9-21-17-6-4-3-5-7-17/h3-7,10-12,19H,2,8-9,13H2,1H3. The van der Waals surface area contributed by atoms with Crippen LogP contribution in [0.5, 0.6) is 5.75 Å². The first kappa shape index (κ1) is 15.9. The van der Waals surface area contributed by atoms with Gasteiger partial charge in [0.05, 0.1) is 6.61 Å². The molecule has 0 aliphatic heterocycles. The van der Waals surface area contributed by atoms with E-state index in [-0.39, 0.29) is 5.82 Å². The van der Waals surface area contributed by atoms with Crippen LogP contribution in [-0.4, -0.2) is 18.9 Å². The molecule has 0 amide bonds. The van der Waals surface area contributed by atoms with Crippen molar-refractivity contribution in [2.75, 3.05) is 18.9 Å². The fraction of sp³-hybridized carbons (Fsp3) is 0.294. The number of nitrogens with one attached hydrogen (secondary N) is 1. The van der Waals surface area contributed by atoms with Crippen molar-refractivity contribution < 1.29 is 9.13 Å². The maximum absolute atomic E-state index is 13.5. The molecule has 112 valence electrons. The minimum absolute atomic E-state index is 0.254. The average Bonchev–Trinajstić information content (AvgIpc) is 2.50. The zero-order chi connectivity index (χ0) is 14.9. The summed E-state index contributed by atoms with van der Waals surface area (Å²) in [4.78, 5) is 1.22. The number of benzene rings is 2. The van der Waals surface area contributed by atoms with Gasteiger partial charge in [-0.05, 0) is 36.4 Å². The monoisotopic (exact) mass is 305 g/mol. The van der Waals surface area contributed by atoms with Gasteiger partial charge < -0.3 is 10.1 Å². The van der Waals surface area contributed by atoms with E-state index < -0.39 is 0 Å². The Balaban J connectivity index is 1.81. The summed E-state index contributed by atoms with van der Waals surface area (Å²) in [5.74, 6) is 1.18. The second-order valence-electron chi connectivity index (χ2n) is 4.59. The number of rotatable bonds is 8. The Morgan fingerprint density at radius 3 is 2.71 bits per heavy atom. The Bertz CT molecular complexity index is 548. The third-order valence-electron chi connectivity index (χ3n) is 2.87. The largest absolute Gasteiger partial charge is 0.493 e. The van der Waals surface area contributed by atoms with E-state index >= 15 is 0 Å². The van der Waals surface area contributed by atoms with Crippen LogP contribution in [0, 0.1) is 5.82 Å². The second kappa shape index (κ2) is 8.70. The third-order valence-corrected chi connectivity index (χ3v) is 3.85. The Morgan fingerprint density at radius 1 is 1.14 bits per heavy atom. The van der Waals surface area contributed by atoms with Gasteiger partial charge in [-0.15, -0.1) is 11.8 Å².